The number of hydrogen-bond donors (Lipinski definition) is 0. The third-order valence-electron chi connectivity index (χ3n) is 9.69. The second kappa shape index (κ2) is 16.6. The van der Waals surface area contributed by atoms with Gasteiger partial charge in [-0.1, -0.05) is 173 Å². The molecule has 0 saturated heterocycles. The molecule has 32 heavy (non-hydrogen) atoms. The monoisotopic (exact) mass is 572 g/mol. The summed E-state index contributed by atoms with van der Waals surface area (Å²) in [5, 5.41) is 0. The first-order valence-corrected chi connectivity index (χ1v) is 20.9. The smallest absolute Gasteiger partial charge is 0.118 e. The first-order chi connectivity index (χ1) is 15.8. The molecule has 0 aromatic carbocycles. The van der Waals surface area contributed by atoms with Gasteiger partial charge in [0.25, 0.3) is 0 Å². The van der Waals surface area contributed by atoms with Crippen molar-refractivity contribution in [3.05, 3.63) is 0 Å². The minimum absolute atomic E-state index is 1.14. The fourth-order valence-corrected chi connectivity index (χ4v) is 19.2. The highest BCUT2D eigenvalue weighted by Crippen LogP contribution is 2.58. The van der Waals surface area contributed by atoms with Crippen molar-refractivity contribution < 1.29 is 0 Å². The molecular formula is C30H57ISi. The van der Waals surface area contributed by atoms with Gasteiger partial charge in [-0.25, -0.2) is 0 Å². The van der Waals surface area contributed by atoms with Crippen LogP contribution in [0.15, 0.2) is 0 Å². The molecule has 0 radical (unpaired) electrons. The summed E-state index contributed by atoms with van der Waals surface area (Å²) in [5.41, 5.74) is 2.07. The minimum Gasteiger partial charge on any atom is -0.118 e. The molecule has 0 aromatic heterocycles. The third kappa shape index (κ3) is 9.19. The van der Waals surface area contributed by atoms with Crippen LogP contribution in [-0.2, 0) is 0 Å². The van der Waals surface area contributed by atoms with Gasteiger partial charge in [0.1, 0.15) is 5.57 Å². The van der Waals surface area contributed by atoms with Gasteiger partial charge in [-0.2, -0.15) is 0 Å². The van der Waals surface area contributed by atoms with Crippen LogP contribution in [0.2, 0.25) is 16.6 Å². The second-order valence-corrected chi connectivity index (χ2v) is 21.8. The average molecular weight is 573 g/mol. The zero-order chi connectivity index (χ0) is 22.3. The van der Waals surface area contributed by atoms with E-state index in [1.54, 1.807) is 77.0 Å². The van der Waals surface area contributed by atoms with E-state index in [1.165, 1.54) is 96.3 Å². The molecule has 0 bridgehead atoms. The highest BCUT2D eigenvalue weighted by Gasteiger charge is 2.49. The third-order valence-corrected chi connectivity index (χ3v) is 23.1. The minimum atomic E-state index is -1.36. The van der Waals surface area contributed by atoms with Crippen molar-refractivity contribution >= 4 is 27.4 Å². The van der Waals surface area contributed by atoms with E-state index in [0.717, 1.165) is 16.6 Å². The summed E-state index contributed by atoms with van der Waals surface area (Å²) in [7, 11) is 0. The molecule has 0 aromatic rings. The fourth-order valence-electron chi connectivity index (χ4n) is 7.76. The largest absolute Gasteiger partial charge is 0.134 e. The first-order valence-electron chi connectivity index (χ1n) is 15.5. The van der Waals surface area contributed by atoms with Crippen molar-refractivity contribution in [3.8, 4) is 0 Å². The van der Waals surface area contributed by atoms with Gasteiger partial charge in [0.15, 0.2) is 0 Å². The maximum atomic E-state index is 3.33. The first kappa shape index (κ1) is 27.5. The highest BCUT2D eigenvalue weighted by atomic mass is 127. The van der Waals surface area contributed by atoms with Crippen LogP contribution in [0.1, 0.15) is 173 Å². The lowest BCUT2D eigenvalue weighted by molar-refractivity contribution is 0.450. The van der Waals surface area contributed by atoms with E-state index in [4.69, 9.17) is 0 Å². The van der Waals surface area contributed by atoms with Crippen LogP contribution in [0.3, 0.4) is 0 Å². The predicted molar refractivity (Wildman–Crippen MR) is 156 cm³/mol. The Hall–Kier alpha value is 0.947. The quantitative estimate of drug-likeness (QED) is 0.179. The highest BCUT2D eigenvalue weighted by molar-refractivity contribution is 14.1. The number of rotatable bonds is 3. The van der Waals surface area contributed by atoms with Crippen LogP contribution in [-0.4, -0.2) is 5.57 Å². The summed E-state index contributed by atoms with van der Waals surface area (Å²) in [5.74, 6) is 0. The topological polar surface area (TPSA) is 0 Å². The van der Waals surface area contributed by atoms with E-state index in [2.05, 4.69) is 21.8 Å². The fraction of sp³-hybridized carbons (Fsp3) is 1.00. The van der Waals surface area contributed by atoms with Crippen molar-refractivity contribution in [2.45, 2.75) is 190 Å². The Kier molecular flexibility index (Phi) is 14.3. The second-order valence-electron chi connectivity index (χ2n) is 12.1. The molecule has 0 spiro atoms. The van der Waals surface area contributed by atoms with E-state index >= 15 is 0 Å². The SMILES string of the molecule is I[Si](C1CCCCCCCCC1)(C1CCCCCCCCC1)C1CCCCCCCCC1. The summed E-state index contributed by atoms with van der Waals surface area (Å²) in [6, 6.07) is 0. The van der Waals surface area contributed by atoms with Crippen molar-refractivity contribution in [2.75, 3.05) is 0 Å². The van der Waals surface area contributed by atoms with Crippen LogP contribution in [0.25, 0.3) is 0 Å². The van der Waals surface area contributed by atoms with Gasteiger partial charge in [-0.05, 0) is 16.6 Å². The molecule has 188 valence electrons. The summed E-state index contributed by atoms with van der Waals surface area (Å²) in [6.07, 6.45) is 41.9. The Morgan fingerprint density at radius 1 is 0.281 bits per heavy atom. The van der Waals surface area contributed by atoms with Crippen molar-refractivity contribution in [1.29, 1.82) is 0 Å². The molecule has 2 heteroatoms. The van der Waals surface area contributed by atoms with Gasteiger partial charge in [0, 0.05) is 0 Å². The molecule has 0 nitrogen and oxygen atoms in total. The summed E-state index contributed by atoms with van der Waals surface area (Å²) in [4.78, 5) is 0. The lowest BCUT2D eigenvalue weighted by atomic mass is 9.99. The van der Waals surface area contributed by atoms with E-state index in [0.29, 0.717) is 0 Å². The number of hydrogen-bond acceptors (Lipinski definition) is 0. The van der Waals surface area contributed by atoms with Crippen LogP contribution in [0.5, 0.6) is 0 Å². The van der Waals surface area contributed by atoms with E-state index < -0.39 is 5.57 Å². The van der Waals surface area contributed by atoms with Crippen molar-refractivity contribution in [3.63, 3.8) is 0 Å². The Bertz CT molecular complexity index is 369. The zero-order valence-electron chi connectivity index (χ0n) is 21.7. The van der Waals surface area contributed by atoms with Gasteiger partial charge in [-0.15, -0.1) is 21.8 Å². The molecule has 0 heterocycles. The summed E-state index contributed by atoms with van der Waals surface area (Å²) >= 11 is 3.33. The number of halogens is 1. The maximum Gasteiger partial charge on any atom is 0.134 e. The molecule has 0 atom stereocenters. The van der Waals surface area contributed by atoms with Crippen LogP contribution in [0, 0.1) is 0 Å². The maximum absolute atomic E-state index is 3.33. The van der Waals surface area contributed by atoms with Gasteiger partial charge in [-0.3, -0.25) is 0 Å². The van der Waals surface area contributed by atoms with Crippen molar-refractivity contribution in [1.82, 2.24) is 0 Å². The summed E-state index contributed by atoms with van der Waals surface area (Å²) < 4.78 is 0. The molecule has 0 N–H and O–H groups in total. The van der Waals surface area contributed by atoms with Crippen LogP contribution < -0.4 is 0 Å². The van der Waals surface area contributed by atoms with Gasteiger partial charge in [0.05, 0.1) is 0 Å². The Labute approximate surface area is 216 Å². The average Bonchev–Trinajstić information content (AvgIpc) is 2.83. The molecule has 3 aliphatic rings. The predicted octanol–water partition coefficient (Wildman–Crippen LogP) is 12.1. The van der Waals surface area contributed by atoms with Gasteiger partial charge >= 0.3 is 0 Å². The lowest BCUT2D eigenvalue weighted by Gasteiger charge is -2.47. The molecule has 3 aliphatic carbocycles. The van der Waals surface area contributed by atoms with Gasteiger partial charge < -0.3 is 0 Å². The van der Waals surface area contributed by atoms with Gasteiger partial charge in [0.2, 0.25) is 0 Å². The summed E-state index contributed by atoms with van der Waals surface area (Å²) in [6.45, 7) is 0. The molecule has 0 unspecified atom stereocenters. The molecule has 3 saturated carbocycles. The molecule has 3 fully saturated rings. The van der Waals surface area contributed by atoms with Crippen LogP contribution >= 0.6 is 21.8 Å². The molecule has 3 rings (SSSR count). The van der Waals surface area contributed by atoms with Crippen molar-refractivity contribution in [2.24, 2.45) is 0 Å². The molecular weight excluding hydrogens is 515 g/mol. The Morgan fingerprint density at radius 2 is 0.438 bits per heavy atom. The Morgan fingerprint density at radius 3 is 0.625 bits per heavy atom. The van der Waals surface area contributed by atoms with Crippen LogP contribution in [0.4, 0.5) is 0 Å². The normalized spacial score (nSPS) is 26.9. The Balaban J connectivity index is 1.83. The molecule has 0 aliphatic heterocycles. The zero-order valence-corrected chi connectivity index (χ0v) is 24.9. The lowest BCUT2D eigenvalue weighted by Crippen LogP contribution is -2.44. The molecule has 0 amide bonds. The van der Waals surface area contributed by atoms with E-state index in [9.17, 15) is 0 Å². The van der Waals surface area contributed by atoms with E-state index in [1.807, 2.05) is 0 Å². The van der Waals surface area contributed by atoms with E-state index in [-0.39, 0.29) is 0 Å². The standard InChI is InChI=1S/C30H57ISi/c31-32(28-22-16-10-4-1-5-11-17-23-28,29-24-18-12-6-2-7-13-19-25-29)30-26-20-14-8-3-9-15-21-27-30/h28-30H,1-27H2.